The highest BCUT2D eigenvalue weighted by molar-refractivity contribution is 6.62. The predicted molar refractivity (Wildman–Crippen MR) is 107 cm³/mol. The van der Waals surface area contributed by atoms with Crippen molar-refractivity contribution < 1.29 is 18.8 Å². The summed E-state index contributed by atoms with van der Waals surface area (Å²) < 4.78 is 17.7. The van der Waals surface area contributed by atoms with Crippen LogP contribution in [0.25, 0.3) is 0 Å². The Morgan fingerprint density at radius 3 is 2.37 bits per heavy atom. The number of fused-ring (bicyclic) bond motifs is 1. The lowest BCUT2D eigenvalue weighted by Gasteiger charge is -2.32. The maximum Gasteiger partial charge on any atom is 0.494 e. The summed E-state index contributed by atoms with van der Waals surface area (Å²) in [6, 6.07) is 6.52. The zero-order valence-corrected chi connectivity index (χ0v) is 17.6. The van der Waals surface area contributed by atoms with E-state index in [1.807, 2.05) is 20.8 Å². The smallest absolute Gasteiger partial charge is 0.444 e. The lowest BCUT2D eigenvalue weighted by Crippen LogP contribution is -2.42. The van der Waals surface area contributed by atoms with Gasteiger partial charge in [0, 0.05) is 6.04 Å². The van der Waals surface area contributed by atoms with Crippen LogP contribution >= 0.6 is 0 Å². The van der Waals surface area contributed by atoms with Crippen molar-refractivity contribution in [2.75, 3.05) is 0 Å². The van der Waals surface area contributed by atoms with E-state index in [2.05, 4.69) is 51.2 Å². The maximum atomic E-state index is 12.0. The number of carbonyl (C=O) groups excluding carboxylic acids is 1. The average molecular weight is 373 g/mol. The van der Waals surface area contributed by atoms with Crippen LogP contribution in [0.2, 0.25) is 0 Å². The predicted octanol–water partition coefficient (Wildman–Crippen LogP) is 3.37. The molecule has 1 aliphatic heterocycles. The fourth-order valence-corrected chi connectivity index (χ4v) is 3.50. The minimum atomic E-state index is -0.478. The van der Waals surface area contributed by atoms with E-state index in [4.69, 9.17) is 14.0 Å². The quantitative estimate of drug-likeness (QED) is 0.808. The van der Waals surface area contributed by atoms with Crippen molar-refractivity contribution in [1.82, 2.24) is 5.32 Å². The normalized spacial score (nSPS) is 23.7. The Labute approximate surface area is 163 Å². The maximum absolute atomic E-state index is 12.0. The molecule has 1 amide bonds. The zero-order valence-electron chi connectivity index (χ0n) is 17.6. The first kappa shape index (κ1) is 20.2. The van der Waals surface area contributed by atoms with E-state index in [1.165, 1.54) is 11.1 Å². The van der Waals surface area contributed by atoms with E-state index in [-0.39, 0.29) is 30.5 Å². The fraction of sp³-hybridized carbons (Fsp3) is 0.667. The van der Waals surface area contributed by atoms with Gasteiger partial charge in [-0.15, -0.1) is 0 Å². The van der Waals surface area contributed by atoms with Gasteiger partial charge in [-0.05, 0) is 84.3 Å². The van der Waals surface area contributed by atoms with Crippen molar-refractivity contribution in [1.29, 1.82) is 0 Å². The SMILES string of the molecule is CC(C)(C)OC(=O)NC1CCc2cc(B3OC(C)(C)C(C)(C)O3)ccc2C1. The number of hydrogen-bond acceptors (Lipinski definition) is 4. The molecule has 1 saturated heterocycles. The number of alkyl carbamates (subject to hydrolysis) is 1. The second-order valence-corrected chi connectivity index (χ2v) is 9.70. The summed E-state index contributed by atoms with van der Waals surface area (Å²) >= 11 is 0. The molecule has 3 rings (SSSR count). The molecular formula is C21H32BNO4. The van der Waals surface area contributed by atoms with Crippen LogP contribution in [-0.4, -0.2) is 36.1 Å². The van der Waals surface area contributed by atoms with Crippen molar-refractivity contribution in [3.63, 3.8) is 0 Å². The number of aryl methyl sites for hydroxylation is 1. The molecule has 5 nitrogen and oxygen atoms in total. The van der Waals surface area contributed by atoms with Gasteiger partial charge in [0.2, 0.25) is 0 Å². The zero-order chi connectivity index (χ0) is 20.0. The van der Waals surface area contributed by atoms with Crippen molar-refractivity contribution in [2.45, 2.75) is 90.6 Å². The highest BCUT2D eigenvalue weighted by Gasteiger charge is 2.51. The molecular weight excluding hydrogens is 341 g/mol. The number of carbonyl (C=O) groups is 1. The topological polar surface area (TPSA) is 56.8 Å². The van der Waals surface area contributed by atoms with Gasteiger partial charge in [0.05, 0.1) is 11.2 Å². The molecule has 1 fully saturated rings. The van der Waals surface area contributed by atoms with Crippen molar-refractivity contribution in [3.8, 4) is 0 Å². The summed E-state index contributed by atoms with van der Waals surface area (Å²) in [5.74, 6) is 0. The molecule has 0 aromatic heterocycles. The number of rotatable bonds is 2. The van der Waals surface area contributed by atoms with Crippen LogP contribution in [0, 0.1) is 0 Å². The highest BCUT2D eigenvalue weighted by Crippen LogP contribution is 2.36. The molecule has 1 aliphatic carbocycles. The molecule has 1 N–H and O–H groups in total. The van der Waals surface area contributed by atoms with Gasteiger partial charge in [-0.1, -0.05) is 18.2 Å². The highest BCUT2D eigenvalue weighted by atomic mass is 16.7. The second-order valence-electron chi connectivity index (χ2n) is 9.70. The lowest BCUT2D eigenvalue weighted by molar-refractivity contribution is 0.00578. The van der Waals surface area contributed by atoms with Gasteiger partial charge in [-0.2, -0.15) is 0 Å². The first-order valence-electron chi connectivity index (χ1n) is 9.83. The Balaban J connectivity index is 1.66. The summed E-state index contributed by atoms with van der Waals surface area (Å²) in [5.41, 5.74) is 2.48. The first-order chi connectivity index (χ1) is 12.4. The van der Waals surface area contributed by atoms with Crippen LogP contribution < -0.4 is 10.8 Å². The molecule has 1 atom stereocenters. The molecule has 27 heavy (non-hydrogen) atoms. The van der Waals surface area contributed by atoms with Gasteiger partial charge in [0.25, 0.3) is 0 Å². The molecule has 1 aromatic carbocycles. The summed E-state index contributed by atoms with van der Waals surface area (Å²) in [5, 5.41) is 3.00. The van der Waals surface area contributed by atoms with Crippen LogP contribution in [-0.2, 0) is 26.9 Å². The third-order valence-electron chi connectivity index (χ3n) is 5.71. The minimum absolute atomic E-state index is 0.107. The van der Waals surface area contributed by atoms with E-state index >= 15 is 0 Å². The van der Waals surface area contributed by atoms with Crippen LogP contribution in [0.3, 0.4) is 0 Å². The molecule has 1 aromatic rings. The molecule has 148 valence electrons. The Bertz CT molecular complexity index is 707. The third-order valence-corrected chi connectivity index (χ3v) is 5.71. The average Bonchev–Trinajstić information content (AvgIpc) is 2.73. The van der Waals surface area contributed by atoms with E-state index in [0.29, 0.717) is 0 Å². The van der Waals surface area contributed by atoms with Gasteiger partial charge in [0.1, 0.15) is 5.60 Å². The number of amides is 1. The van der Waals surface area contributed by atoms with Crippen LogP contribution in [0.5, 0.6) is 0 Å². The number of benzene rings is 1. The van der Waals surface area contributed by atoms with Gasteiger partial charge < -0.3 is 19.4 Å². The van der Waals surface area contributed by atoms with E-state index < -0.39 is 5.60 Å². The number of ether oxygens (including phenoxy) is 1. The Kier molecular flexibility index (Phi) is 5.11. The van der Waals surface area contributed by atoms with E-state index in [0.717, 1.165) is 24.7 Å². The summed E-state index contributed by atoms with van der Waals surface area (Å²) in [7, 11) is -0.335. The Morgan fingerprint density at radius 1 is 1.15 bits per heavy atom. The molecule has 0 radical (unpaired) electrons. The largest absolute Gasteiger partial charge is 0.494 e. The van der Waals surface area contributed by atoms with Gasteiger partial charge in [-0.25, -0.2) is 4.79 Å². The summed E-state index contributed by atoms with van der Waals surface area (Å²) in [6.07, 6.45) is 2.30. The van der Waals surface area contributed by atoms with Crippen LogP contribution in [0.1, 0.15) is 66.0 Å². The fourth-order valence-electron chi connectivity index (χ4n) is 3.50. The van der Waals surface area contributed by atoms with Gasteiger partial charge in [0.15, 0.2) is 0 Å². The van der Waals surface area contributed by atoms with Crippen LogP contribution in [0.4, 0.5) is 4.79 Å². The molecule has 1 unspecified atom stereocenters. The van der Waals surface area contributed by atoms with Crippen LogP contribution in [0.15, 0.2) is 18.2 Å². The van der Waals surface area contributed by atoms with E-state index in [1.54, 1.807) is 0 Å². The number of hydrogen-bond donors (Lipinski definition) is 1. The third kappa shape index (κ3) is 4.49. The van der Waals surface area contributed by atoms with Gasteiger partial charge >= 0.3 is 13.2 Å². The minimum Gasteiger partial charge on any atom is -0.444 e. The monoisotopic (exact) mass is 373 g/mol. The molecule has 1 heterocycles. The second kappa shape index (κ2) is 6.82. The van der Waals surface area contributed by atoms with Crippen molar-refractivity contribution in [3.05, 3.63) is 29.3 Å². The van der Waals surface area contributed by atoms with Crippen molar-refractivity contribution >= 4 is 18.7 Å². The van der Waals surface area contributed by atoms with Crippen molar-refractivity contribution in [2.24, 2.45) is 0 Å². The molecule has 6 heteroatoms. The Hall–Kier alpha value is -1.53. The van der Waals surface area contributed by atoms with Gasteiger partial charge in [-0.3, -0.25) is 0 Å². The Morgan fingerprint density at radius 2 is 1.78 bits per heavy atom. The lowest BCUT2D eigenvalue weighted by atomic mass is 9.75. The molecule has 2 aliphatic rings. The first-order valence-corrected chi connectivity index (χ1v) is 9.83. The molecule has 0 bridgehead atoms. The summed E-state index contributed by atoms with van der Waals surface area (Å²) in [4.78, 5) is 12.0. The molecule has 0 saturated carbocycles. The molecule has 0 spiro atoms. The summed E-state index contributed by atoms with van der Waals surface area (Å²) in [6.45, 7) is 13.9. The van der Waals surface area contributed by atoms with E-state index in [9.17, 15) is 4.79 Å². The standard InChI is InChI=1S/C21H32BNO4/c1-19(2,3)25-18(24)23-17-11-9-14-12-16(10-8-15(14)13-17)22-26-20(4,5)21(6,7)27-22/h8,10,12,17H,9,11,13H2,1-7H3,(H,23,24). The number of nitrogens with one attached hydrogen (secondary N) is 1.